The fraction of sp³-hybridized carbons (Fsp3) is 0.588. The van der Waals surface area contributed by atoms with Crippen LogP contribution >= 0.6 is 0 Å². The number of nitrogens with one attached hydrogen (secondary N) is 1. The minimum absolute atomic E-state index is 0.200. The van der Waals surface area contributed by atoms with Crippen LogP contribution in [0.1, 0.15) is 33.1 Å². The number of carbonyl (C=O) groups excluding carboxylic acids is 2. The van der Waals surface area contributed by atoms with Crippen molar-refractivity contribution in [3.05, 3.63) is 24.6 Å². The number of aliphatic imine (C=N–C) groups is 1. The number of ketones is 1. The quantitative estimate of drug-likeness (QED) is 0.228. The maximum absolute atomic E-state index is 12.4. The number of Topliss-reactive ketones (excluding diaryl/α,β-unsaturated/α-hetero) is 1. The van der Waals surface area contributed by atoms with Gasteiger partial charge in [-0.25, -0.2) is 0 Å². The average molecular weight is 339 g/mol. The Bertz CT molecular complexity index is 472. The van der Waals surface area contributed by atoms with Gasteiger partial charge in [0.15, 0.2) is 5.78 Å². The van der Waals surface area contributed by atoms with Crippen molar-refractivity contribution in [3.8, 4) is 0 Å². The molecule has 0 saturated carbocycles. The number of allylic oxidation sites excluding steroid dienone is 1. The summed E-state index contributed by atoms with van der Waals surface area (Å²) < 4.78 is 10.5. The number of carbonyl (C=O) groups is 2. The number of nitrogens with two attached hydrogens (primary N) is 1. The molecule has 0 aliphatic carbocycles. The fourth-order valence-electron chi connectivity index (χ4n) is 1.73. The van der Waals surface area contributed by atoms with Crippen LogP contribution in [0.5, 0.6) is 0 Å². The van der Waals surface area contributed by atoms with Crippen LogP contribution in [0, 0.1) is 0 Å². The summed E-state index contributed by atoms with van der Waals surface area (Å²) >= 11 is 0. The zero-order valence-corrected chi connectivity index (χ0v) is 14.8. The maximum atomic E-state index is 12.4. The topological polar surface area (TPSA) is 103 Å². The molecule has 0 aromatic heterocycles. The molecule has 0 spiro atoms. The summed E-state index contributed by atoms with van der Waals surface area (Å²) in [5.41, 5.74) is 4.46. The molecule has 0 saturated heterocycles. The van der Waals surface area contributed by atoms with Crippen molar-refractivity contribution in [2.75, 3.05) is 20.3 Å². The smallest absolute Gasteiger partial charge is 0.252 e. The zero-order valence-electron chi connectivity index (χ0n) is 14.8. The molecule has 0 radical (unpaired) electrons. The van der Waals surface area contributed by atoms with E-state index in [0.29, 0.717) is 18.7 Å². The van der Waals surface area contributed by atoms with E-state index >= 15 is 0 Å². The summed E-state index contributed by atoms with van der Waals surface area (Å²) in [6.45, 7) is 10.5. The van der Waals surface area contributed by atoms with Gasteiger partial charge in [-0.15, -0.1) is 0 Å². The second-order valence-electron chi connectivity index (χ2n) is 5.70. The number of nitrogens with zero attached hydrogens (tertiary/aromatic N) is 1. The molecule has 0 aromatic rings. The second-order valence-corrected chi connectivity index (χ2v) is 5.70. The Morgan fingerprint density at radius 1 is 1.38 bits per heavy atom. The summed E-state index contributed by atoms with van der Waals surface area (Å²) in [7, 11) is 1.44. The van der Waals surface area contributed by atoms with Gasteiger partial charge in [0.1, 0.15) is 18.0 Å². The van der Waals surface area contributed by atoms with Crippen molar-refractivity contribution < 1.29 is 19.1 Å². The molecule has 0 aliphatic heterocycles. The van der Waals surface area contributed by atoms with Crippen molar-refractivity contribution in [3.63, 3.8) is 0 Å². The van der Waals surface area contributed by atoms with Crippen LogP contribution in [0.2, 0.25) is 0 Å². The Balaban J connectivity index is 4.88. The molecular weight excluding hydrogens is 310 g/mol. The molecule has 3 N–H and O–H groups in total. The number of hydrogen-bond acceptors (Lipinski definition) is 6. The molecule has 1 amide bonds. The Morgan fingerprint density at radius 2 is 2.04 bits per heavy atom. The van der Waals surface area contributed by atoms with Crippen molar-refractivity contribution >= 4 is 18.4 Å². The van der Waals surface area contributed by atoms with Crippen molar-refractivity contribution in [2.24, 2.45) is 10.7 Å². The predicted octanol–water partition coefficient (Wildman–Crippen LogP) is 1.34. The van der Waals surface area contributed by atoms with E-state index < -0.39 is 11.6 Å². The van der Waals surface area contributed by atoms with Gasteiger partial charge >= 0.3 is 0 Å². The fourth-order valence-corrected chi connectivity index (χ4v) is 1.73. The van der Waals surface area contributed by atoms with Crippen LogP contribution in [-0.2, 0) is 19.1 Å². The Hall–Kier alpha value is -1.99. The summed E-state index contributed by atoms with van der Waals surface area (Å²) in [6, 6.07) is -0.666. The van der Waals surface area contributed by atoms with Crippen LogP contribution in [0.4, 0.5) is 0 Å². The molecule has 7 heteroatoms. The first kappa shape index (κ1) is 22.0. The highest BCUT2D eigenvalue weighted by atomic mass is 16.5. The molecule has 0 bridgehead atoms. The van der Waals surface area contributed by atoms with E-state index in [1.807, 2.05) is 0 Å². The van der Waals surface area contributed by atoms with Gasteiger partial charge in [0.05, 0.1) is 12.2 Å². The first-order valence-corrected chi connectivity index (χ1v) is 7.82. The van der Waals surface area contributed by atoms with Crippen molar-refractivity contribution in [2.45, 2.75) is 44.8 Å². The first-order chi connectivity index (χ1) is 11.3. The van der Waals surface area contributed by atoms with Gasteiger partial charge < -0.3 is 20.5 Å². The molecule has 1 unspecified atom stereocenters. The Labute approximate surface area is 144 Å². The molecule has 24 heavy (non-hydrogen) atoms. The second kappa shape index (κ2) is 11.5. The van der Waals surface area contributed by atoms with E-state index in [2.05, 4.69) is 23.6 Å². The molecule has 0 aromatic carbocycles. The van der Waals surface area contributed by atoms with Gasteiger partial charge in [-0.1, -0.05) is 6.58 Å². The molecule has 0 fully saturated rings. The third kappa shape index (κ3) is 8.03. The minimum Gasteiger partial charge on any atom is -0.484 e. The zero-order chi connectivity index (χ0) is 18.6. The highest BCUT2D eigenvalue weighted by Gasteiger charge is 2.31. The lowest BCUT2D eigenvalue weighted by atomic mass is 10.0. The van der Waals surface area contributed by atoms with E-state index in [-0.39, 0.29) is 18.3 Å². The van der Waals surface area contributed by atoms with Gasteiger partial charge in [0, 0.05) is 7.11 Å². The van der Waals surface area contributed by atoms with E-state index in [0.717, 1.165) is 12.8 Å². The van der Waals surface area contributed by atoms with E-state index in [4.69, 9.17) is 15.2 Å². The number of ether oxygens (including phenoxy) is 2. The number of methoxy groups -OCH3 is 1. The molecule has 136 valence electrons. The van der Waals surface area contributed by atoms with Gasteiger partial charge in [-0.3, -0.25) is 14.6 Å². The van der Waals surface area contributed by atoms with E-state index in [9.17, 15) is 9.59 Å². The molecule has 0 aliphatic rings. The maximum Gasteiger partial charge on any atom is 0.252 e. The summed E-state index contributed by atoms with van der Waals surface area (Å²) in [4.78, 5) is 28.2. The predicted molar refractivity (Wildman–Crippen MR) is 94.7 cm³/mol. The number of unbranched alkanes of at least 4 members (excludes halogenated alkanes) is 1. The summed E-state index contributed by atoms with van der Waals surface area (Å²) in [5, 5.41) is 2.73. The number of amides is 1. The van der Waals surface area contributed by atoms with Crippen LogP contribution in [0.15, 0.2) is 29.6 Å². The molecule has 7 nitrogen and oxygen atoms in total. The van der Waals surface area contributed by atoms with Crippen molar-refractivity contribution in [1.29, 1.82) is 0 Å². The van der Waals surface area contributed by atoms with Gasteiger partial charge in [-0.2, -0.15) is 0 Å². The van der Waals surface area contributed by atoms with Gasteiger partial charge in [0.2, 0.25) is 0 Å². The third-order valence-electron chi connectivity index (χ3n) is 3.50. The standard InChI is InChI=1S/C17H29N3O4/c1-6-13(11-19-4)24-12-15(21)14(9-7-8-10-18)20-16(22)17(2,3)23-5/h6,11,14H,1,4,7-10,12,18H2,2-3,5H3,(H,20,22)/b13-11+. The number of hydrogen-bond donors (Lipinski definition) is 2. The lowest BCUT2D eigenvalue weighted by Gasteiger charge is -2.25. The average Bonchev–Trinajstić information content (AvgIpc) is 2.57. The van der Waals surface area contributed by atoms with E-state index in [1.54, 1.807) is 13.8 Å². The van der Waals surface area contributed by atoms with Crippen LogP contribution < -0.4 is 11.1 Å². The largest absolute Gasteiger partial charge is 0.484 e. The lowest BCUT2D eigenvalue weighted by Crippen LogP contribution is -2.51. The molecular formula is C17H29N3O4. The molecule has 0 heterocycles. The van der Waals surface area contributed by atoms with Crippen LogP contribution in [0.25, 0.3) is 0 Å². The van der Waals surface area contributed by atoms with Gasteiger partial charge in [0.25, 0.3) is 5.91 Å². The monoisotopic (exact) mass is 339 g/mol. The number of rotatable bonds is 13. The SMILES string of the molecule is C=C/C(=C\N=C)OCC(=O)C(CCCCN)NC(=O)C(C)(C)OC. The highest BCUT2D eigenvalue weighted by Crippen LogP contribution is 2.11. The van der Waals surface area contributed by atoms with E-state index in [1.165, 1.54) is 19.4 Å². The summed E-state index contributed by atoms with van der Waals surface area (Å²) in [5.74, 6) is -0.268. The normalized spacial score (nSPS) is 13.1. The third-order valence-corrected chi connectivity index (χ3v) is 3.50. The first-order valence-electron chi connectivity index (χ1n) is 7.82. The van der Waals surface area contributed by atoms with Crippen molar-refractivity contribution in [1.82, 2.24) is 5.32 Å². The highest BCUT2D eigenvalue weighted by molar-refractivity contribution is 5.92. The summed E-state index contributed by atoms with van der Waals surface area (Å²) in [6.07, 6.45) is 4.76. The van der Waals surface area contributed by atoms with Crippen LogP contribution in [0.3, 0.4) is 0 Å². The minimum atomic E-state index is -1.02. The lowest BCUT2D eigenvalue weighted by molar-refractivity contribution is -0.142. The van der Waals surface area contributed by atoms with Gasteiger partial charge in [-0.05, 0) is 52.4 Å². The molecule has 0 rings (SSSR count). The van der Waals surface area contributed by atoms with Crippen LogP contribution in [-0.4, -0.2) is 50.3 Å². The molecule has 1 atom stereocenters. The Morgan fingerprint density at radius 3 is 2.54 bits per heavy atom. The Kier molecular flexibility index (Phi) is 10.6.